The van der Waals surface area contributed by atoms with Gasteiger partial charge in [-0.25, -0.2) is 4.57 Å². The Kier molecular flexibility index (Phi) is 6.18. The molecule has 0 bridgehead atoms. The van der Waals surface area contributed by atoms with Crippen LogP contribution in [-0.2, 0) is 11.8 Å². The summed E-state index contributed by atoms with van der Waals surface area (Å²) < 4.78 is 1.52. The zero-order valence-corrected chi connectivity index (χ0v) is 29.1. The molecule has 0 unspecified atom stereocenters. The second-order valence-corrected chi connectivity index (χ2v) is 15.1. The molecular weight excluding hydrogens is 627 g/mol. The first kappa shape index (κ1) is 29.9. The second kappa shape index (κ2) is 10.5. The van der Waals surface area contributed by atoms with E-state index >= 15 is 9.59 Å². The first-order valence-corrected chi connectivity index (χ1v) is 17.9. The Morgan fingerprint density at radius 1 is 0.588 bits per heavy atom. The quantitative estimate of drug-likeness (QED) is 0.166. The molecule has 3 aromatic heterocycles. The highest BCUT2D eigenvalue weighted by Crippen LogP contribution is 2.53. The molecule has 0 aliphatic heterocycles. The minimum atomic E-state index is -0.293. The molecule has 10 rings (SSSR count). The fraction of sp³-hybridized carbons (Fsp3) is 0.174. The van der Waals surface area contributed by atoms with E-state index in [4.69, 9.17) is 0 Å². The fourth-order valence-electron chi connectivity index (χ4n) is 8.96. The van der Waals surface area contributed by atoms with Crippen molar-refractivity contribution in [2.45, 2.75) is 52.4 Å². The van der Waals surface area contributed by atoms with Crippen molar-refractivity contribution in [1.82, 2.24) is 14.5 Å². The Bertz CT molecular complexity index is 2900. The number of para-hydroxylation sites is 1. The average Bonchev–Trinajstić information content (AvgIpc) is 3.64. The molecule has 5 heteroatoms. The molecule has 0 spiro atoms. The molecule has 0 amide bonds. The Morgan fingerprint density at radius 2 is 1.10 bits per heavy atom. The molecule has 0 saturated heterocycles. The maximum atomic E-state index is 15.3. The van der Waals surface area contributed by atoms with Gasteiger partial charge in [0.15, 0.2) is 0 Å². The number of hydrogen-bond donors (Lipinski definition) is 0. The van der Waals surface area contributed by atoms with Gasteiger partial charge in [0, 0.05) is 24.8 Å². The van der Waals surface area contributed by atoms with Gasteiger partial charge in [0.1, 0.15) is 0 Å². The van der Waals surface area contributed by atoms with Crippen molar-refractivity contribution in [2.24, 2.45) is 0 Å². The van der Waals surface area contributed by atoms with Crippen molar-refractivity contribution >= 4 is 64.6 Å². The predicted octanol–water partition coefficient (Wildman–Crippen LogP) is 10.6. The molecule has 0 fully saturated rings. The first-order chi connectivity index (χ1) is 24.8. The fourth-order valence-corrected chi connectivity index (χ4v) is 8.96. The standard InChI is InChI=1S/C46H35N3O2/c1-5-6-8-28-9-7-10-35(46(2,3)4)43(28)49-44(50)41-33-23-31(25-15-19-47-20-16-25)29-13-11-27-12-14-30-32(26-17-21-48-22-18-26)24-34(42(41)45(49)51)40-38(30)36(27)37(29)39(33)40/h7,9-24H,5-6,8H2,1-4H3. The summed E-state index contributed by atoms with van der Waals surface area (Å²) in [6.45, 7) is 8.64. The Hall–Kier alpha value is -5.94. The molecule has 51 heavy (non-hydrogen) atoms. The predicted molar refractivity (Wildman–Crippen MR) is 212 cm³/mol. The molecule has 0 atom stereocenters. The lowest BCUT2D eigenvalue weighted by molar-refractivity contribution is 0.583. The van der Waals surface area contributed by atoms with Gasteiger partial charge in [0.25, 0.3) is 11.1 Å². The van der Waals surface area contributed by atoms with Gasteiger partial charge < -0.3 is 0 Å². The highest BCUT2D eigenvalue weighted by Gasteiger charge is 2.31. The molecule has 7 aromatic carbocycles. The molecule has 0 radical (unpaired) electrons. The molecule has 0 saturated carbocycles. The van der Waals surface area contributed by atoms with Crippen LogP contribution in [0.1, 0.15) is 51.7 Å². The number of benzene rings is 6. The SMILES string of the molecule is CCCCc1cccc(C(C)(C)C)c1-n1c(=O)c2c3cc(-c4ccncc4)c4ccc5ccc6c(-c7ccncc7)cc(c2c1=O)c1c6c5c4c31. The van der Waals surface area contributed by atoms with Crippen molar-refractivity contribution in [1.29, 1.82) is 0 Å². The number of nitrogens with zero attached hydrogens (tertiary/aromatic N) is 3. The summed E-state index contributed by atoms with van der Waals surface area (Å²) in [7, 11) is 0. The lowest BCUT2D eigenvalue weighted by atomic mass is 9.83. The maximum Gasteiger partial charge on any atom is 0.266 e. The topological polar surface area (TPSA) is 64.8 Å². The highest BCUT2D eigenvalue weighted by atomic mass is 16.2. The van der Waals surface area contributed by atoms with Crippen LogP contribution in [0.4, 0.5) is 0 Å². The molecule has 3 heterocycles. The van der Waals surface area contributed by atoms with Crippen molar-refractivity contribution in [3.05, 3.63) is 135 Å². The third kappa shape index (κ3) is 3.97. The summed E-state index contributed by atoms with van der Waals surface area (Å²) in [4.78, 5) is 39.3. The number of fused-ring (bicyclic) bond motifs is 3. The van der Waals surface area contributed by atoms with Crippen molar-refractivity contribution in [2.75, 3.05) is 0 Å². The number of aryl methyl sites for hydroxylation is 1. The van der Waals surface area contributed by atoms with Crippen LogP contribution >= 0.6 is 0 Å². The first-order valence-electron chi connectivity index (χ1n) is 17.9. The Balaban J connectivity index is 1.49. The van der Waals surface area contributed by atoms with Gasteiger partial charge in [-0.1, -0.05) is 76.6 Å². The zero-order valence-electron chi connectivity index (χ0n) is 29.1. The number of aromatic nitrogens is 3. The van der Waals surface area contributed by atoms with Crippen LogP contribution in [0, 0.1) is 0 Å². The van der Waals surface area contributed by atoms with Crippen molar-refractivity contribution in [3.63, 3.8) is 0 Å². The highest BCUT2D eigenvalue weighted by molar-refractivity contribution is 6.50. The van der Waals surface area contributed by atoms with E-state index in [-0.39, 0.29) is 16.5 Å². The summed E-state index contributed by atoms with van der Waals surface area (Å²) in [5.41, 5.74) is 6.09. The van der Waals surface area contributed by atoms with Gasteiger partial charge in [-0.2, -0.15) is 0 Å². The van der Waals surface area contributed by atoms with Crippen molar-refractivity contribution < 1.29 is 0 Å². The van der Waals surface area contributed by atoms with E-state index in [0.29, 0.717) is 10.8 Å². The second-order valence-electron chi connectivity index (χ2n) is 15.1. The molecule has 246 valence electrons. The summed E-state index contributed by atoms with van der Waals surface area (Å²) in [6.07, 6.45) is 10.0. The number of unbranched alkanes of at least 4 members (excludes halogenated alkanes) is 1. The van der Waals surface area contributed by atoms with Gasteiger partial charge in [-0.15, -0.1) is 0 Å². The maximum absolute atomic E-state index is 15.3. The largest absolute Gasteiger partial charge is 0.268 e. The number of hydrogen-bond acceptors (Lipinski definition) is 4. The van der Waals surface area contributed by atoms with Crippen LogP contribution in [-0.4, -0.2) is 14.5 Å². The minimum absolute atomic E-state index is 0.250. The summed E-state index contributed by atoms with van der Waals surface area (Å²) in [6, 6.07) is 27.5. The van der Waals surface area contributed by atoms with Crippen LogP contribution in [0.2, 0.25) is 0 Å². The zero-order chi connectivity index (χ0) is 34.8. The van der Waals surface area contributed by atoms with Crippen LogP contribution < -0.4 is 11.1 Å². The monoisotopic (exact) mass is 661 g/mol. The van der Waals surface area contributed by atoms with E-state index in [2.05, 4.69) is 92.3 Å². The van der Waals surface area contributed by atoms with Gasteiger partial charge in [0.2, 0.25) is 0 Å². The Morgan fingerprint density at radius 3 is 1.59 bits per heavy atom. The molecule has 0 N–H and O–H groups in total. The number of pyridine rings is 2. The summed E-state index contributed by atoms with van der Waals surface area (Å²) >= 11 is 0. The van der Waals surface area contributed by atoms with E-state index in [1.807, 2.05) is 49.1 Å². The lowest BCUT2D eigenvalue weighted by Crippen LogP contribution is -2.28. The van der Waals surface area contributed by atoms with E-state index in [9.17, 15) is 0 Å². The molecule has 5 nitrogen and oxygen atoms in total. The minimum Gasteiger partial charge on any atom is -0.268 e. The van der Waals surface area contributed by atoms with Gasteiger partial charge >= 0.3 is 0 Å². The van der Waals surface area contributed by atoms with Crippen LogP contribution in [0.25, 0.3) is 92.6 Å². The molecule has 0 aliphatic carbocycles. The van der Waals surface area contributed by atoms with Crippen LogP contribution in [0.15, 0.2) is 113 Å². The number of rotatable bonds is 6. The van der Waals surface area contributed by atoms with E-state index in [1.165, 1.54) is 9.95 Å². The van der Waals surface area contributed by atoms with Gasteiger partial charge in [0.05, 0.1) is 16.5 Å². The average molecular weight is 662 g/mol. The molecule has 0 aliphatic rings. The molecule has 10 aromatic rings. The summed E-state index contributed by atoms with van der Waals surface area (Å²) in [5, 5.41) is 11.7. The van der Waals surface area contributed by atoms with Crippen molar-refractivity contribution in [3.8, 4) is 27.9 Å². The third-order valence-electron chi connectivity index (χ3n) is 11.2. The third-order valence-corrected chi connectivity index (χ3v) is 11.2. The van der Waals surface area contributed by atoms with Gasteiger partial charge in [-0.3, -0.25) is 19.6 Å². The lowest BCUT2D eigenvalue weighted by Gasteiger charge is -2.25. The van der Waals surface area contributed by atoms with E-state index in [1.54, 1.807) is 0 Å². The van der Waals surface area contributed by atoms with Gasteiger partial charge in [-0.05, 0) is 142 Å². The molecular formula is C46H35N3O2. The van der Waals surface area contributed by atoms with Crippen LogP contribution in [0.3, 0.4) is 0 Å². The normalized spacial score (nSPS) is 12.7. The van der Waals surface area contributed by atoms with E-state index in [0.717, 1.165) is 107 Å². The summed E-state index contributed by atoms with van der Waals surface area (Å²) in [5.74, 6) is 0. The Labute approximate surface area is 294 Å². The smallest absolute Gasteiger partial charge is 0.266 e. The van der Waals surface area contributed by atoms with Crippen LogP contribution in [0.5, 0.6) is 0 Å². The van der Waals surface area contributed by atoms with E-state index < -0.39 is 0 Å².